The van der Waals surface area contributed by atoms with Crippen LogP contribution in [0.2, 0.25) is 0 Å². The summed E-state index contributed by atoms with van der Waals surface area (Å²) in [6.07, 6.45) is 0. The third kappa shape index (κ3) is 3.82. The van der Waals surface area contributed by atoms with Gasteiger partial charge in [0, 0.05) is 27.2 Å². The minimum atomic E-state index is 0.0474. The summed E-state index contributed by atoms with van der Waals surface area (Å²) in [5.74, 6) is 1.67. The Hall–Kier alpha value is -1.77. The van der Waals surface area contributed by atoms with Gasteiger partial charge in [-0.15, -0.1) is 22.0 Å². The lowest BCUT2D eigenvalue weighted by atomic mass is 10.2. The summed E-state index contributed by atoms with van der Waals surface area (Å²) in [5, 5.41) is 8.50. The molecule has 1 aromatic heterocycles. The largest absolute Gasteiger partial charge is 0.411 e. The minimum absolute atomic E-state index is 0.0474. The van der Waals surface area contributed by atoms with Crippen molar-refractivity contribution in [2.24, 2.45) is 0 Å². The Labute approximate surface area is 167 Å². The van der Waals surface area contributed by atoms with E-state index >= 15 is 0 Å². The molecule has 5 nitrogen and oxygen atoms in total. The van der Waals surface area contributed by atoms with Gasteiger partial charge < -0.3 is 9.32 Å². The van der Waals surface area contributed by atoms with Crippen LogP contribution in [-0.4, -0.2) is 34.2 Å². The molecule has 1 aliphatic rings. The molecular weight excluding hydrogens is 434 g/mol. The van der Waals surface area contributed by atoms with Crippen molar-refractivity contribution in [2.75, 3.05) is 23.0 Å². The van der Waals surface area contributed by atoms with Crippen molar-refractivity contribution in [1.29, 1.82) is 0 Å². The molecule has 0 unspecified atom stereocenters. The molecule has 0 bridgehead atoms. The number of amides is 1. The van der Waals surface area contributed by atoms with Crippen molar-refractivity contribution in [2.45, 2.75) is 10.1 Å². The minimum Gasteiger partial charge on any atom is -0.411 e. The maximum atomic E-state index is 12.6. The molecule has 0 N–H and O–H groups in total. The second-order valence-corrected chi connectivity index (χ2v) is 8.51. The van der Waals surface area contributed by atoms with Crippen LogP contribution < -0.4 is 4.90 Å². The molecule has 0 saturated heterocycles. The zero-order valence-corrected chi connectivity index (χ0v) is 16.8. The number of nitrogens with zero attached hydrogens (tertiary/aromatic N) is 3. The van der Waals surface area contributed by atoms with Gasteiger partial charge in [0.2, 0.25) is 11.8 Å². The Balaban J connectivity index is 1.42. The fourth-order valence-electron chi connectivity index (χ4n) is 2.61. The van der Waals surface area contributed by atoms with Gasteiger partial charge in [0.15, 0.2) is 0 Å². The highest BCUT2D eigenvalue weighted by Crippen LogP contribution is 2.35. The maximum Gasteiger partial charge on any atom is 0.277 e. The molecule has 0 spiro atoms. The fraction of sp³-hybridized carbons (Fsp3) is 0.167. The number of fused-ring (bicyclic) bond motifs is 1. The van der Waals surface area contributed by atoms with E-state index in [0.29, 0.717) is 11.1 Å². The molecule has 8 heteroatoms. The Morgan fingerprint density at radius 1 is 1.19 bits per heavy atom. The number of halogens is 1. The van der Waals surface area contributed by atoms with Crippen molar-refractivity contribution in [3.63, 3.8) is 0 Å². The van der Waals surface area contributed by atoms with Crippen molar-refractivity contribution < 1.29 is 9.21 Å². The van der Waals surface area contributed by atoms with Crippen LogP contribution in [0.25, 0.3) is 11.5 Å². The Bertz CT molecular complexity index is 930. The summed E-state index contributed by atoms with van der Waals surface area (Å²) in [5.41, 5.74) is 1.83. The first-order valence-corrected chi connectivity index (χ1v) is 10.7. The SMILES string of the molecule is O=C(CSc1nnc(-c2ccc(Br)cc2)o1)N1CCSc2ccccc21. The first-order chi connectivity index (χ1) is 12.7. The van der Waals surface area contributed by atoms with Gasteiger partial charge in [-0.05, 0) is 36.4 Å². The van der Waals surface area contributed by atoms with Crippen molar-refractivity contribution in [3.8, 4) is 11.5 Å². The van der Waals surface area contributed by atoms with Crippen LogP contribution in [0.1, 0.15) is 0 Å². The zero-order valence-electron chi connectivity index (χ0n) is 13.6. The number of hydrogen-bond donors (Lipinski definition) is 0. The van der Waals surface area contributed by atoms with Gasteiger partial charge in [-0.3, -0.25) is 4.79 Å². The number of para-hydroxylation sites is 1. The van der Waals surface area contributed by atoms with Gasteiger partial charge in [-0.25, -0.2) is 0 Å². The molecule has 2 heterocycles. The maximum absolute atomic E-state index is 12.6. The van der Waals surface area contributed by atoms with Gasteiger partial charge in [0.05, 0.1) is 11.4 Å². The summed E-state index contributed by atoms with van der Waals surface area (Å²) < 4.78 is 6.65. The fourth-order valence-corrected chi connectivity index (χ4v) is 4.51. The molecule has 0 fully saturated rings. The first-order valence-electron chi connectivity index (χ1n) is 7.95. The highest BCUT2D eigenvalue weighted by molar-refractivity contribution is 9.10. The lowest BCUT2D eigenvalue weighted by molar-refractivity contribution is -0.116. The highest BCUT2D eigenvalue weighted by Gasteiger charge is 2.23. The van der Waals surface area contributed by atoms with Crippen molar-refractivity contribution in [3.05, 3.63) is 53.0 Å². The Morgan fingerprint density at radius 2 is 2.00 bits per heavy atom. The second kappa shape index (κ2) is 7.85. The average Bonchev–Trinajstić information content (AvgIpc) is 3.15. The van der Waals surface area contributed by atoms with Crippen LogP contribution in [0.4, 0.5) is 5.69 Å². The van der Waals surface area contributed by atoms with Gasteiger partial charge >= 0.3 is 0 Å². The molecule has 4 rings (SSSR count). The van der Waals surface area contributed by atoms with E-state index in [4.69, 9.17) is 4.42 Å². The number of rotatable bonds is 4. The summed E-state index contributed by atoms with van der Waals surface area (Å²) in [6, 6.07) is 15.6. The van der Waals surface area contributed by atoms with Crippen LogP contribution in [0.3, 0.4) is 0 Å². The quantitative estimate of drug-likeness (QED) is 0.538. The molecule has 2 aromatic carbocycles. The van der Waals surface area contributed by atoms with Crippen LogP contribution in [0.5, 0.6) is 0 Å². The second-order valence-electron chi connectivity index (χ2n) is 5.53. The van der Waals surface area contributed by atoms with E-state index in [1.165, 1.54) is 11.8 Å². The predicted molar refractivity (Wildman–Crippen MR) is 108 cm³/mol. The predicted octanol–water partition coefficient (Wildman–Crippen LogP) is 4.73. The smallest absolute Gasteiger partial charge is 0.277 e. The van der Waals surface area contributed by atoms with Crippen LogP contribution in [0, 0.1) is 0 Å². The van der Waals surface area contributed by atoms with E-state index in [1.54, 1.807) is 11.8 Å². The van der Waals surface area contributed by atoms with E-state index < -0.39 is 0 Å². The third-order valence-corrected chi connectivity index (χ3v) is 6.22. The molecule has 0 aliphatic carbocycles. The number of aromatic nitrogens is 2. The van der Waals surface area contributed by atoms with E-state index in [1.807, 2.05) is 47.4 Å². The molecular formula is C18H14BrN3O2S2. The summed E-state index contributed by atoms with van der Waals surface area (Å²) in [7, 11) is 0. The van der Waals surface area contributed by atoms with E-state index in [0.717, 1.165) is 32.9 Å². The van der Waals surface area contributed by atoms with Crippen molar-refractivity contribution >= 4 is 51.0 Å². The van der Waals surface area contributed by atoms with Crippen LogP contribution in [-0.2, 0) is 4.79 Å². The number of carbonyl (C=O) groups excluding carboxylic acids is 1. The zero-order chi connectivity index (χ0) is 17.9. The van der Waals surface area contributed by atoms with Crippen LogP contribution in [0.15, 0.2) is 67.5 Å². The standard InChI is InChI=1S/C18H14BrN3O2S2/c19-13-7-5-12(6-8-13)17-20-21-18(24-17)26-11-16(23)22-9-10-25-15-4-2-1-3-14(15)22/h1-8H,9-11H2. The lowest BCUT2D eigenvalue weighted by Crippen LogP contribution is -2.36. The van der Waals surface area contributed by atoms with Gasteiger partial charge in [0.1, 0.15) is 0 Å². The summed E-state index contributed by atoms with van der Waals surface area (Å²) in [6.45, 7) is 0.717. The Kier molecular flexibility index (Phi) is 5.33. The molecule has 1 amide bonds. The lowest BCUT2D eigenvalue weighted by Gasteiger charge is -2.28. The van der Waals surface area contributed by atoms with Gasteiger partial charge in [0.25, 0.3) is 5.22 Å². The third-order valence-electron chi connectivity index (χ3n) is 3.85. The normalized spacial score (nSPS) is 13.5. The first kappa shape index (κ1) is 17.6. The topological polar surface area (TPSA) is 59.2 Å². The number of thioether (sulfide) groups is 2. The van der Waals surface area contributed by atoms with E-state index in [2.05, 4.69) is 32.2 Å². The molecule has 0 atom stereocenters. The molecule has 0 radical (unpaired) electrons. The van der Waals surface area contributed by atoms with E-state index in [9.17, 15) is 4.79 Å². The number of benzene rings is 2. The van der Waals surface area contributed by atoms with Crippen LogP contribution >= 0.6 is 39.5 Å². The number of hydrogen-bond acceptors (Lipinski definition) is 6. The number of carbonyl (C=O) groups is 1. The molecule has 3 aromatic rings. The van der Waals surface area contributed by atoms with Gasteiger partial charge in [-0.2, -0.15) is 0 Å². The molecule has 132 valence electrons. The Morgan fingerprint density at radius 3 is 2.85 bits per heavy atom. The van der Waals surface area contributed by atoms with E-state index in [-0.39, 0.29) is 11.7 Å². The molecule has 1 aliphatic heterocycles. The van der Waals surface area contributed by atoms with Crippen molar-refractivity contribution in [1.82, 2.24) is 10.2 Å². The van der Waals surface area contributed by atoms with Gasteiger partial charge in [-0.1, -0.05) is 39.8 Å². The molecule has 26 heavy (non-hydrogen) atoms. The number of anilines is 1. The average molecular weight is 448 g/mol. The molecule has 0 saturated carbocycles. The monoisotopic (exact) mass is 447 g/mol. The highest BCUT2D eigenvalue weighted by atomic mass is 79.9. The summed E-state index contributed by atoms with van der Waals surface area (Å²) in [4.78, 5) is 15.6. The summed E-state index contributed by atoms with van der Waals surface area (Å²) >= 11 is 6.45.